The molecule has 1 aliphatic rings. The summed E-state index contributed by atoms with van der Waals surface area (Å²) >= 11 is 0. The highest BCUT2D eigenvalue weighted by Crippen LogP contribution is 2.31. The van der Waals surface area contributed by atoms with Crippen molar-refractivity contribution in [3.63, 3.8) is 0 Å². The molecular weight excluding hydrogens is 200 g/mol. The van der Waals surface area contributed by atoms with Gasteiger partial charge in [-0.05, 0) is 19.3 Å². The summed E-state index contributed by atoms with van der Waals surface area (Å²) in [5.41, 5.74) is 6.17. The van der Waals surface area contributed by atoms with Crippen LogP contribution in [0.3, 0.4) is 0 Å². The lowest BCUT2D eigenvalue weighted by Gasteiger charge is -2.24. The monoisotopic (exact) mass is 222 g/mol. The molecule has 4 nitrogen and oxygen atoms in total. The van der Waals surface area contributed by atoms with Crippen molar-refractivity contribution in [2.75, 3.05) is 0 Å². The number of nitrogens with zero attached hydrogens (tertiary/aromatic N) is 2. The smallest absolute Gasteiger partial charge is 0.170 e. The maximum atomic E-state index is 6.44. The lowest BCUT2D eigenvalue weighted by atomic mass is 9.91. The van der Waals surface area contributed by atoms with E-state index in [1.807, 2.05) is 0 Å². The number of aryl methyl sites for hydroxylation is 1. The molecule has 0 aliphatic heterocycles. The molecule has 90 valence electrons. The third-order valence-electron chi connectivity index (χ3n) is 3.46. The van der Waals surface area contributed by atoms with Crippen molar-refractivity contribution in [2.45, 2.75) is 63.8 Å². The van der Waals surface area contributed by atoms with Crippen molar-refractivity contribution >= 4 is 0 Å². The predicted molar refractivity (Wildman–Crippen MR) is 63.9 cm³/mol. The molecule has 1 aliphatic carbocycles. The van der Waals surface area contributed by atoms with Gasteiger partial charge in [0.05, 0.1) is 5.54 Å². The molecular formula is C12H22N4. The van der Waals surface area contributed by atoms with Crippen LogP contribution in [-0.2, 0) is 12.0 Å². The van der Waals surface area contributed by atoms with E-state index in [1.165, 1.54) is 25.7 Å². The van der Waals surface area contributed by atoms with E-state index in [-0.39, 0.29) is 5.54 Å². The second-order valence-electron chi connectivity index (χ2n) is 4.93. The summed E-state index contributed by atoms with van der Waals surface area (Å²) in [5, 5.41) is 7.32. The predicted octanol–water partition coefficient (Wildman–Crippen LogP) is 2.27. The van der Waals surface area contributed by atoms with Gasteiger partial charge in [0, 0.05) is 6.42 Å². The fourth-order valence-electron chi connectivity index (χ4n) is 2.45. The van der Waals surface area contributed by atoms with Crippen LogP contribution < -0.4 is 5.73 Å². The normalized spacial score (nSPS) is 20.6. The summed E-state index contributed by atoms with van der Waals surface area (Å²) in [7, 11) is 0. The number of hydrogen-bond donors (Lipinski definition) is 2. The van der Waals surface area contributed by atoms with Crippen LogP contribution in [0.4, 0.5) is 0 Å². The second kappa shape index (κ2) is 4.95. The third kappa shape index (κ3) is 2.43. The average Bonchev–Trinajstić information content (AvgIpc) is 2.63. The highest BCUT2D eigenvalue weighted by Gasteiger charge is 2.32. The minimum absolute atomic E-state index is 0.279. The van der Waals surface area contributed by atoms with Crippen molar-refractivity contribution in [3.05, 3.63) is 11.6 Å². The van der Waals surface area contributed by atoms with Gasteiger partial charge in [-0.2, -0.15) is 5.10 Å². The highest BCUT2D eigenvalue weighted by atomic mass is 15.2. The van der Waals surface area contributed by atoms with Crippen LogP contribution in [0, 0.1) is 0 Å². The van der Waals surface area contributed by atoms with Gasteiger partial charge >= 0.3 is 0 Å². The number of nitrogens with one attached hydrogen (secondary N) is 1. The SMILES string of the molecule is CCCc1nc(C2(N)CCCCCC2)n[nH]1. The number of H-pyrrole nitrogens is 1. The van der Waals surface area contributed by atoms with Gasteiger partial charge in [0.25, 0.3) is 0 Å². The minimum Gasteiger partial charge on any atom is -0.319 e. The Morgan fingerprint density at radius 3 is 2.56 bits per heavy atom. The average molecular weight is 222 g/mol. The van der Waals surface area contributed by atoms with E-state index in [0.29, 0.717) is 0 Å². The fraction of sp³-hybridized carbons (Fsp3) is 0.833. The van der Waals surface area contributed by atoms with Gasteiger partial charge in [-0.15, -0.1) is 0 Å². The molecule has 0 spiro atoms. The number of rotatable bonds is 3. The van der Waals surface area contributed by atoms with Crippen LogP contribution in [0.15, 0.2) is 0 Å². The van der Waals surface area contributed by atoms with Gasteiger partial charge in [0.1, 0.15) is 5.82 Å². The molecule has 4 heteroatoms. The van der Waals surface area contributed by atoms with E-state index in [0.717, 1.165) is 37.3 Å². The molecule has 1 fully saturated rings. The molecule has 2 rings (SSSR count). The molecule has 3 N–H and O–H groups in total. The van der Waals surface area contributed by atoms with E-state index in [1.54, 1.807) is 0 Å². The highest BCUT2D eigenvalue weighted by molar-refractivity contribution is 5.06. The fourth-order valence-corrected chi connectivity index (χ4v) is 2.45. The quantitative estimate of drug-likeness (QED) is 0.771. The Morgan fingerprint density at radius 1 is 1.25 bits per heavy atom. The Balaban J connectivity index is 2.13. The Kier molecular flexibility index (Phi) is 3.59. The molecule has 1 aromatic rings. The van der Waals surface area contributed by atoms with Crippen molar-refractivity contribution in [2.24, 2.45) is 5.73 Å². The Labute approximate surface area is 97.0 Å². The van der Waals surface area contributed by atoms with Crippen molar-refractivity contribution in [1.82, 2.24) is 15.2 Å². The zero-order valence-electron chi connectivity index (χ0n) is 10.1. The van der Waals surface area contributed by atoms with Gasteiger partial charge in [-0.25, -0.2) is 4.98 Å². The first kappa shape index (κ1) is 11.6. The minimum atomic E-state index is -0.279. The summed E-state index contributed by atoms with van der Waals surface area (Å²) in [6.45, 7) is 2.14. The van der Waals surface area contributed by atoms with Gasteiger partial charge in [-0.1, -0.05) is 32.6 Å². The van der Waals surface area contributed by atoms with E-state index < -0.39 is 0 Å². The summed E-state index contributed by atoms with van der Waals surface area (Å²) in [6.07, 6.45) is 9.10. The van der Waals surface area contributed by atoms with E-state index >= 15 is 0 Å². The largest absolute Gasteiger partial charge is 0.319 e. The molecule has 0 radical (unpaired) electrons. The maximum absolute atomic E-state index is 6.44. The Hall–Kier alpha value is -0.900. The summed E-state index contributed by atoms with van der Waals surface area (Å²) < 4.78 is 0. The van der Waals surface area contributed by atoms with Crippen LogP contribution in [0.1, 0.15) is 63.5 Å². The second-order valence-corrected chi connectivity index (χ2v) is 4.93. The van der Waals surface area contributed by atoms with Crippen LogP contribution in [0.5, 0.6) is 0 Å². The molecule has 0 bridgehead atoms. The molecule has 0 atom stereocenters. The molecule has 0 saturated heterocycles. The lowest BCUT2D eigenvalue weighted by Crippen LogP contribution is -2.37. The number of aromatic nitrogens is 3. The standard InChI is InChI=1S/C12H22N4/c1-2-7-10-14-11(16-15-10)12(13)8-5-3-4-6-9-12/h2-9,13H2,1H3,(H,14,15,16). The van der Waals surface area contributed by atoms with Crippen molar-refractivity contribution in [1.29, 1.82) is 0 Å². The molecule has 0 unspecified atom stereocenters. The van der Waals surface area contributed by atoms with Gasteiger partial charge in [-0.3, -0.25) is 5.10 Å². The van der Waals surface area contributed by atoms with Crippen LogP contribution in [-0.4, -0.2) is 15.2 Å². The van der Waals surface area contributed by atoms with Crippen LogP contribution in [0.2, 0.25) is 0 Å². The van der Waals surface area contributed by atoms with Crippen LogP contribution in [0.25, 0.3) is 0 Å². The molecule has 16 heavy (non-hydrogen) atoms. The number of aromatic amines is 1. The first-order valence-corrected chi connectivity index (χ1v) is 6.45. The van der Waals surface area contributed by atoms with Crippen LogP contribution >= 0.6 is 0 Å². The van der Waals surface area contributed by atoms with E-state index in [2.05, 4.69) is 22.1 Å². The zero-order valence-corrected chi connectivity index (χ0v) is 10.1. The van der Waals surface area contributed by atoms with E-state index in [4.69, 9.17) is 5.73 Å². The Bertz CT molecular complexity index is 324. The molecule has 0 amide bonds. The topological polar surface area (TPSA) is 67.6 Å². The van der Waals surface area contributed by atoms with E-state index in [9.17, 15) is 0 Å². The lowest BCUT2D eigenvalue weighted by molar-refractivity contribution is 0.363. The third-order valence-corrected chi connectivity index (χ3v) is 3.46. The maximum Gasteiger partial charge on any atom is 0.170 e. The summed E-state index contributed by atoms with van der Waals surface area (Å²) in [5.74, 6) is 1.81. The molecule has 0 aromatic carbocycles. The first-order chi connectivity index (χ1) is 7.74. The summed E-state index contributed by atoms with van der Waals surface area (Å²) in [4.78, 5) is 4.55. The van der Waals surface area contributed by atoms with Gasteiger partial charge < -0.3 is 5.73 Å². The molecule has 1 heterocycles. The van der Waals surface area contributed by atoms with Crippen molar-refractivity contribution < 1.29 is 0 Å². The first-order valence-electron chi connectivity index (χ1n) is 6.45. The van der Waals surface area contributed by atoms with Gasteiger partial charge in [0.15, 0.2) is 5.82 Å². The number of hydrogen-bond acceptors (Lipinski definition) is 3. The number of nitrogens with two attached hydrogens (primary N) is 1. The van der Waals surface area contributed by atoms with Gasteiger partial charge in [0.2, 0.25) is 0 Å². The molecule has 1 aromatic heterocycles. The summed E-state index contributed by atoms with van der Waals surface area (Å²) in [6, 6.07) is 0. The zero-order chi connectivity index (χ0) is 11.4. The van der Waals surface area contributed by atoms with Crippen molar-refractivity contribution in [3.8, 4) is 0 Å². The Morgan fingerprint density at radius 2 is 1.94 bits per heavy atom. The molecule has 1 saturated carbocycles.